The van der Waals surface area contributed by atoms with Crippen LogP contribution in [0.5, 0.6) is 0 Å². The zero-order valence-electron chi connectivity index (χ0n) is 12.1. The van der Waals surface area contributed by atoms with E-state index in [0.29, 0.717) is 5.39 Å². The van der Waals surface area contributed by atoms with Gasteiger partial charge in [0.1, 0.15) is 0 Å². The van der Waals surface area contributed by atoms with Crippen LogP contribution in [0.3, 0.4) is 0 Å². The first-order valence-electron chi connectivity index (χ1n) is 7.34. The Hall–Kier alpha value is -2.42. The van der Waals surface area contributed by atoms with Gasteiger partial charge in [0.25, 0.3) is 5.56 Å². The van der Waals surface area contributed by atoms with Crippen molar-refractivity contribution in [3.8, 4) is 11.1 Å². The predicted molar refractivity (Wildman–Crippen MR) is 86.3 cm³/mol. The molecule has 0 unspecified atom stereocenters. The van der Waals surface area contributed by atoms with Crippen LogP contribution < -0.4 is 5.56 Å². The summed E-state index contributed by atoms with van der Waals surface area (Å²) in [4.78, 5) is 16.7. The lowest BCUT2D eigenvalue weighted by Crippen LogP contribution is -2.20. The summed E-state index contributed by atoms with van der Waals surface area (Å²) < 4.78 is 1.82. The quantitative estimate of drug-likeness (QED) is 0.726. The Morgan fingerprint density at radius 3 is 2.67 bits per heavy atom. The maximum absolute atomic E-state index is 12.5. The van der Waals surface area contributed by atoms with Gasteiger partial charge in [-0.2, -0.15) is 0 Å². The number of rotatable bonds is 4. The SMILES string of the molecule is CCCCn1cc(-c2ccccc2)c2ccncc2c1=O. The van der Waals surface area contributed by atoms with E-state index in [-0.39, 0.29) is 5.56 Å². The van der Waals surface area contributed by atoms with Crippen molar-refractivity contribution < 1.29 is 0 Å². The average Bonchev–Trinajstić information content (AvgIpc) is 2.55. The molecule has 106 valence electrons. The van der Waals surface area contributed by atoms with Crippen molar-refractivity contribution in [3.05, 3.63) is 65.3 Å². The van der Waals surface area contributed by atoms with E-state index in [0.717, 1.165) is 35.9 Å². The van der Waals surface area contributed by atoms with Crippen molar-refractivity contribution >= 4 is 10.8 Å². The molecule has 0 spiro atoms. The number of aromatic nitrogens is 2. The number of unbranched alkanes of at least 4 members (excludes halogenated alkanes) is 1. The fraction of sp³-hybridized carbons (Fsp3) is 0.222. The Morgan fingerprint density at radius 1 is 1.10 bits per heavy atom. The van der Waals surface area contributed by atoms with Crippen LogP contribution in [0.15, 0.2) is 59.8 Å². The van der Waals surface area contributed by atoms with Gasteiger partial charge in [-0.3, -0.25) is 9.78 Å². The van der Waals surface area contributed by atoms with Gasteiger partial charge in [-0.1, -0.05) is 43.7 Å². The van der Waals surface area contributed by atoms with Gasteiger partial charge in [-0.15, -0.1) is 0 Å². The Morgan fingerprint density at radius 2 is 1.90 bits per heavy atom. The highest BCUT2D eigenvalue weighted by atomic mass is 16.1. The summed E-state index contributed by atoms with van der Waals surface area (Å²) >= 11 is 0. The summed E-state index contributed by atoms with van der Waals surface area (Å²) in [7, 11) is 0. The summed E-state index contributed by atoms with van der Waals surface area (Å²) in [5.74, 6) is 0. The van der Waals surface area contributed by atoms with Gasteiger partial charge in [0, 0.05) is 30.7 Å². The monoisotopic (exact) mass is 278 g/mol. The first-order chi connectivity index (χ1) is 10.3. The lowest BCUT2D eigenvalue weighted by atomic mass is 10.0. The zero-order valence-corrected chi connectivity index (χ0v) is 12.1. The molecule has 0 N–H and O–H groups in total. The van der Waals surface area contributed by atoms with E-state index in [9.17, 15) is 4.79 Å². The Labute approximate surface area is 123 Å². The molecule has 2 heterocycles. The lowest BCUT2D eigenvalue weighted by Gasteiger charge is -2.12. The predicted octanol–water partition coefficient (Wildman–Crippen LogP) is 3.86. The third kappa shape index (κ3) is 2.59. The Kier molecular flexibility index (Phi) is 3.82. The molecule has 0 radical (unpaired) electrons. The topological polar surface area (TPSA) is 34.9 Å². The summed E-state index contributed by atoms with van der Waals surface area (Å²) in [5, 5.41) is 1.66. The minimum Gasteiger partial charge on any atom is -0.314 e. The van der Waals surface area contributed by atoms with Gasteiger partial charge in [-0.25, -0.2) is 0 Å². The molecule has 0 aliphatic rings. The van der Waals surface area contributed by atoms with Gasteiger partial charge in [0.05, 0.1) is 5.39 Å². The highest BCUT2D eigenvalue weighted by molar-refractivity contribution is 5.95. The van der Waals surface area contributed by atoms with E-state index < -0.39 is 0 Å². The molecular weight excluding hydrogens is 260 g/mol. The van der Waals surface area contributed by atoms with Crippen molar-refractivity contribution in [2.45, 2.75) is 26.3 Å². The standard InChI is InChI=1S/C18H18N2O/c1-2-3-11-20-13-17(14-7-5-4-6-8-14)15-9-10-19-12-16(15)18(20)21/h4-10,12-13H,2-3,11H2,1H3. The molecule has 3 rings (SSSR count). The number of nitrogens with zero attached hydrogens (tertiary/aromatic N) is 2. The molecule has 0 amide bonds. The first-order valence-corrected chi connectivity index (χ1v) is 7.34. The maximum atomic E-state index is 12.5. The van der Waals surface area contributed by atoms with Crippen molar-refractivity contribution in [1.82, 2.24) is 9.55 Å². The normalized spacial score (nSPS) is 10.9. The van der Waals surface area contributed by atoms with Crippen LogP contribution in [-0.4, -0.2) is 9.55 Å². The van der Waals surface area contributed by atoms with Gasteiger partial charge < -0.3 is 4.57 Å². The largest absolute Gasteiger partial charge is 0.314 e. The molecule has 21 heavy (non-hydrogen) atoms. The second kappa shape index (κ2) is 5.92. The molecule has 0 aliphatic heterocycles. The van der Waals surface area contributed by atoms with Crippen LogP contribution in [0.4, 0.5) is 0 Å². The van der Waals surface area contributed by atoms with E-state index >= 15 is 0 Å². The fourth-order valence-corrected chi connectivity index (χ4v) is 2.58. The molecule has 1 aromatic carbocycles. The molecule has 3 nitrogen and oxygen atoms in total. The van der Waals surface area contributed by atoms with E-state index in [1.54, 1.807) is 12.4 Å². The third-order valence-corrected chi connectivity index (χ3v) is 3.72. The van der Waals surface area contributed by atoms with Gasteiger partial charge in [0.15, 0.2) is 0 Å². The third-order valence-electron chi connectivity index (χ3n) is 3.72. The molecule has 3 aromatic rings. The lowest BCUT2D eigenvalue weighted by molar-refractivity contribution is 0.617. The molecule has 2 aromatic heterocycles. The summed E-state index contributed by atoms with van der Waals surface area (Å²) in [6.07, 6.45) is 7.46. The first kappa shape index (κ1) is 13.6. The summed E-state index contributed by atoms with van der Waals surface area (Å²) in [5.41, 5.74) is 2.26. The number of aryl methyl sites for hydroxylation is 1. The zero-order chi connectivity index (χ0) is 14.7. The smallest absolute Gasteiger partial charge is 0.260 e. The molecule has 0 saturated heterocycles. The minimum atomic E-state index is 0.0474. The Balaban J connectivity index is 2.27. The van der Waals surface area contributed by atoms with Crippen molar-refractivity contribution in [1.29, 1.82) is 0 Å². The maximum Gasteiger partial charge on any atom is 0.260 e. The summed E-state index contributed by atoms with van der Waals surface area (Å²) in [6, 6.07) is 12.1. The second-order valence-corrected chi connectivity index (χ2v) is 5.18. The second-order valence-electron chi connectivity index (χ2n) is 5.18. The van der Waals surface area contributed by atoms with Crippen molar-refractivity contribution in [2.75, 3.05) is 0 Å². The number of fused-ring (bicyclic) bond motifs is 1. The van der Waals surface area contributed by atoms with E-state index in [1.165, 1.54) is 0 Å². The fourth-order valence-electron chi connectivity index (χ4n) is 2.58. The molecule has 0 bridgehead atoms. The van der Waals surface area contributed by atoms with Crippen LogP contribution in [0.2, 0.25) is 0 Å². The van der Waals surface area contributed by atoms with E-state index in [4.69, 9.17) is 0 Å². The molecule has 3 heteroatoms. The Bertz CT molecular complexity index is 806. The highest BCUT2D eigenvalue weighted by Gasteiger charge is 2.10. The summed E-state index contributed by atoms with van der Waals surface area (Å²) in [6.45, 7) is 2.88. The van der Waals surface area contributed by atoms with Crippen LogP contribution >= 0.6 is 0 Å². The van der Waals surface area contributed by atoms with Crippen LogP contribution in [0.25, 0.3) is 21.9 Å². The van der Waals surface area contributed by atoms with E-state index in [1.807, 2.05) is 35.0 Å². The minimum absolute atomic E-state index is 0.0474. The molecule has 0 fully saturated rings. The molecule has 0 aliphatic carbocycles. The van der Waals surface area contributed by atoms with Crippen molar-refractivity contribution in [3.63, 3.8) is 0 Å². The average molecular weight is 278 g/mol. The number of hydrogen-bond donors (Lipinski definition) is 0. The van der Waals surface area contributed by atoms with Crippen molar-refractivity contribution in [2.24, 2.45) is 0 Å². The van der Waals surface area contributed by atoms with Crippen LogP contribution in [0, 0.1) is 0 Å². The number of benzene rings is 1. The van der Waals surface area contributed by atoms with Crippen LogP contribution in [0.1, 0.15) is 19.8 Å². The number of pyridine rings is 2. The van der Waals surface area contributed by atoms with Gasteiger partial charge in [0.2, 0.25) is 0 Å². The molecule has 0 atom stereocenters. The van der Waals surface area contributed by atoms with E-state index in [2.05, 4.69) is 24.0 Å². The molecule has 0 saturated carbocycles. The highest BCUT2D eigenvalue weighted by Crippen LogP contribution is 2.26. The van der Waals surface area contributed by atoms with Crippen LogP contribution in [-0.2, 0) is 6.54 Å². The van der Waals surface area contributed by atoms with Gasteiger partial charge in [-0.05, 0) is 23.4 Å². The van der Waals surface area contributed by atoms with Gasteiger partial charge >= 0.3 is 0 Å². The number of hydrogen-bond acceptors (Lipinski definition) is 2. The molecular formula is C18H18N2O.